The molecule has 0 saturated carbocycles. The van der Waals surface area contributed by atoms with Gasteiger partial charge in [0.15, 0.2) is 23.1 Å². The number of ether oxygens (including phenoxy) is 2. The Labute approximate surface area is 184 Å². The first kappa shape index (κ1) is 21.7. The van der Waals surface area contributed by atoms with E-state index >= 15 is 0 Å². The van der Waals surface area contributed by atoms with Crippen LogP contribution in [-0.4, -0.2) is 41.5 Å². The molecule has 2 heterocycles. The van der Waals surface area contributed by atoms with Crippen LogP contribution >= 0.6 is 0 Å². The van der Waals surface area contributed by atoms with E-state index in [0.717, 1.165) is 30.8 Å². The molecule has 1 aromatic heterocycles. The Morgan fingerprint density at radius 1 is 1.22 bits per heavy atom. The third kappa shape index (κ3) is 4.27. The number of aromatic nitrogens is 2. The molecule has 4 rings (SSSR count). The van der Waals surface area contributed by atoms with E-state index in [1.165, 1.54) is 17.0 Å². The van der Waals surface area contributed by atoms with Gasteiger partial charge in [0.1, 0.15) is 11.3 Å². The maximum absolute atomic E-state index is 14.4. The van der Waals surface area contributed by atoms with Gasteiger partial charge in [-0.25, -0.2) is 13.8 Å². The Morgan fingerprint density at radius 3 is 2.59 bits per heavy atom. The first-order valence-electron chi connectivity index (χ1n) is 10.3. The highest BCUT2D eigenvalue weighted by Crippen LogP contribution is 2.39. The van der Waals surface area contributed by atoms with Crippen LogP contribution < -0.4 is 4.74 Å². The zero-order valence-corrected chi connectivity index (χ0v) is 17.6. The van der Waals surface area contributed by atoms with Crippen LogP contribution in [-0.2, 0) is 9.53 Å². The van der Waals surface area contributed by atoms with Crippen LogP contribution in [0.3, 0.4) is 0 Å². The fourth-order valence-corrected chi connectivity index (χ4v) is 3.73. The zero-order chi connectivity index (χ0) is 22.7. The van der Waals surface area contributed by atoms with Crippen molar-refractivity contribution in [2.24, 2.45) is 0 Å². The minimum Gasteiger partial charge on any atom is -0.448 e. The highest BCUT2D eigenvalue weighted by Gasteiger charge is 2.23. The molecule has 1 amide bonds. The van der Waals surface area contributed by atoms with Gasteiger partial charge in [-0.1, -0.05) is 18.7 Å². The predicted molar refractivity (Wildman–Crippen MR) is 117 cm³/mol. The molecule has 0 unspecified atom stereocenters. The average molecular weight is 439 g/mol. The number of H-pyrrole nitrogens is 1. The standard InChI is InChI=1S/C24H23F2N3O3/c1-3-15(13-29(2)14-30)17-7-8-20-21(28-24(27-20)16-9-11-31-12-10-16)22(17)32-23-18(25)5-4-6-19(23)26/h3-8,13-14,16H,1,9-12H2,2H3,(H,27,28)/b15-13+. The van der Waals surface area contributed by atoms with Gasteiger partial charge in [-0.3, -0.25) is 4.79 Å². The second-order valence-corrected chi connectivity index (χ2v) is 7.56. The predicted octanol–water partition coefficient (Wildman–Crippen LogP) is 5.14. The van der Waals surface area contributed by atoms with E-state index < -0.39 is 17.4 Å². The molecule has 0 aliphatic carbocycles. The van der Waals surface area contributed by atoms with Crippen LogP contribution in [0.25, 0.3) is 16.6 Å². The third-order valence-corrected chi connectivity index (χ3v) is 5.40. The van der Waals surface area contributed by atoms with E-state index in [2.05, 4.69) is 11.6 Å². The molecule has 1 saturated heterocycles. The first-order chi connectivity index (χ1) is 15.5. The number of benzene rings is 2. The lowest BCUT2D eigenvalue weighted by Crippen LogP contribution is -2.15. The smallest absolute Gasteiger partial charge is 0.213 e. The summed E-state index contributed by atoms with van der Waals surface area (Å²) in [6, 6.07) is 7.09. The van der Waals surface area contributed by atoms with Crippen molar-refractivity contribution >= 4 is 23.0 Å². The molecule has 3 aromatic rings. The van der Waals surface area contributed by atoms with Gasteiger partial charge in [-0.05, 0) is 37.1 Å². The fraction of sp³-hybridized carbons (Fsp3) is 0.250. The molecule has 1 N–H and O–H groups in total. The fourth-order valence-electron chi connectivity index (χ4n) is 3.73. The van der Waals surface area contributed by atoms with Crippen molar-refractivity contribution in [3.05, 3.63) is 72.2 Å². The number of imidazole rings is 1. The second-order valence-electron chi connectivity index (χ2n) is 7.56. The van der Waals surface area contributed by atoms with Gasteiger partial charge in [0, 0.05) is 43.5 Å². The molecule has 0 bridgehead atoms. The minimum atomic E-state index is -0.831. The number of hydrogen-bond donors (Lipinski definition) is 1. The normalized spacial score (nSPS) is 15.0. The van der Waals surface area contributed by atoms with Crippen LogP contribution in [0.15, 0.2) is 49.2 Å². The number of nitrogens with one attached hydrogen (secondary N) is 1. The largest absolute Gasteiger partial charge is 0.448 e. The maximum atomic E-state index is 14.4. The summed E-state index contributed by atoms with van der Waals surface area (Å²) in [5.41, 5.74) is 2.14. The highest BCUT2D eigenvalue weighted by molar-refractivity contribution is 5.91. The molecule has 1 fully saturated rings. The number of aromatic amines is 1. The average Bonchev–Trinajstić information content (AvgIpc) is 3.25. The SMILES string of the molecule is C=C/C(=C\N(C)C=O)c1ccc2[nH]c(C3CCOCC3)nc2c1Oc1c(F)cccc1F. The van der Waals surface area contributed by atoms with Crippen molar-refractivity contribution in [1.29, 1.82) is 0 Å². The summed E-state index contributed by atoms with van der Waals surface area (Å²) in [6.45, 7) is 5.11. The van der Waals surface area contributed by atoms with E-state index in [9.17, 15) is 13.6 Å². The molecule has 166 valence electrons. The number of carbonyl (C=O) groups is 1. The Morgan fingerprint density at radius 2 is 1.94 bits per heavy atom. The number of amides is 1. The molecular formula is C24H23F2N3O3. The lowest BCUT2D eigenvalue weighted by molar-refractivity contribution is -0.114. The molecule has 1 aliphatic rings. The van der Waals surface area contributed by atoms with Crippen LogP contribution in [0, 0.1) is 11.6 Å². The van der Waals surface area contributed by atoms with Crippen molar-refractivity contribution in [3.63, 3.8) is 0 Å². The molecule has 1 aliphatic heterocycles. The van der Waals surface area contributed by atoms with Crippen LogP contribution in [0.2, 0.25) is 0 Å². The van der Waals surface area contributed by atoms with E-state index in [1.54, 1.807) is 19.3 Å². The molecule has 8 heteroatoms. The number of hydrogen-bond acceptors (Lipinski definition) is 4. The van der Waals surface area contributed by atoms with Crippen molar-refractivity contribution in [2.75, 3.05) is 20.3 Å². The number of carbonyl (C=O) groups excluding carboxylic acids is 1. The van der Waals surface area contributed by atoms with Crippen molar-refractivity contribution in [2.45, 2.75) is 18.8 Å². The lowest BCUT2D eigenvalue weighted by atomic mass is 10.00. The molecule has 32 heavy (non-hydrogen) atoms. The molecule has 0 atom stereocenters. The van der Waals surface area contributed by atoms with Crippen LogP contribution in [0.5, 0.6) is 11.5 Å². The summed E-state index contributed by atoms with van der Waals surface area (Å²) < 4.78 is 40.1. The monoisotopic (exact) mass is 439 g/mol. The maximum Gasteiger partial charge on any atom is 0.213 e. The van der Waals surface area contributed by atoms with Crippen molar-refractivity contribution in [1.82, 2.24) is 14.9 Å². The number of nitrogens with zero attached hydrogens (tertiary/aromatic N) is 2. The Kier molecular flexibility index (Phi) is 6.32. The third-order valence-electron chi connectivity index (χ3n) is 5.40. The molecule has 0 spiro atoms. The van der Waals surface area contributed by atoms with Gasteiger partial charge >= 0.3 is 0 Å². The zero-order valence-electron chi connectivity index (χ0n) is 17.6. The van der Waals surface area contributed by atoms with Gasteiger partial charge in [-0.15, -0.1) is 0 Å². The minimum absolute atomic E-state index is 0.173. The molecular weight excluding hydrogens is 416 g/mol. The van der Waals surface area contributed by atoms with Crippen molar-refractivity contribution < 1.29 is 23.0 Å². The molecule has 2 aromatic carbocycles. The van der Waals surface area contributed by atoms with Gasteiger partial charge < -0.3 is 19.4 Å². The van der Waals surface area contributed by atoms with E-state index in [1.807, 2.05) is 6.07 Å². The van der Waals surface area contributed by atoms with Crippen molar-refractivity contribution in [3.8, 4) is 11.5 Å². The number of fused-ring (bicyclic) bond motifs is 1. The Balaban J connectivity index is 1.90. The first-order valence-corrected chi connectivity index (χ1v) is 10.3. The molecule has 0 radical (unpaired) electrons. The van der Waals surface area contributed by atoms with E-state index in [0.29, 0.717) is 41.8 Å². The van der Waals surface area contributed by atoms with Gasteiger partial charge in [0.25, 0.3) is 0 Å². The van der Waals surface area contributed by atoms with Gasteiger partial charge in [-0.2, -0.15) is 0 Å². The summed E-state index contributed by atoms with van der Waals surface area (Å²) >= 11 is 0. The van der Waals surface area contributed by atoms with Crippen LogP contribution in [0.1, 0.15) is 30.1 Å². The summed E-state index contributed by atoms with van der Waals surface area (Å²) in [6.07, 6.45) is 5.38. The summed E-state index contributed by atoms with van der Waals surface area (Å²) in [7, 11) is 1.57. The Bertz CT molecular complexity index is 1160. The number of rotatable bonds is 7. The quantitative estimate of drug-likeness (QED) is 0.409. The Hall–Kier alpha value is -3.52. The summed E-state index contributed by atoms with van der Waals surface area (Å²) in [4.78, 5) is 20.5. The van der Waals surface area contributed by atoms with E-state index in [4.69, 9.17) is 14.5 Å². The summed E-state index contributed by atoms with van der Waals surface area (Å²) in [5, 5.41) is 0. The topological polar surface area (TPSA) is 67.5 Å². The van der Waals surface area contributed by atoms with Gasteiger partial charge in [0.05, 0.1) is 5.52 Å². The second kappa shape index (κ2) is 9.32. The lowest BCUT2D eigenvalue weighted by Gasteiger charge is -2.19. The number of halogens is 2. The number of allylic oxidation sites excluding steroid dienone is 2. The molecule has 6 nitrogen and oxygen atoms in total. The summed E-state index contributed by atoms with van der Waals surface area (Å²) in [5.74, 6) is -1.05. The highest BCUT2D eigenvalue weighted by atomic mass is 19.1. The van der Waals surface area contributed by atoms with E-state index in [-0.39, 0.29) is 11.7 Å². The van der Waals surface area contributed by atoms with Crippen LogP contribution in [0.4, 0.5) is 8.78 Å². The van der Waals surface area contributed by atoms with Gasteiger partial charge in [0.2, 0.25) is 6.41 Å². The number of para-hydroxylation sites is 1.